The molecule has 0 aromatic heterocycles. The van der Waals surface area contributed by atoms with Gasteiger partial charge in [0.25, 0.3) is 0 Å². The van der Waals surface area contributed by atoms with Crippen molar-refractivity contribution in [2.24, 2.45) is 0 Å². The maximum Gasteiger partial charge on any atom is 0.105 e. The highest BCUT2D eigenvalue weighted by Gasteiger charge is 2.25. The van der Waals surface area contributed by atoms with E-state index in [1.165, 1.54) is 50.6 Å². The normalized spacial score (nSPS) is 17.7. The van der Waals surface area contributed by atoms with Crippen LogP contribution >= 0.6 is 0 Å². The van der Waals surface area contributed by atoms with Crippen LogP contribution in [-0.4, -0.2) is 17.6 Å². The minimum atomic E-state index is 0.508. The third-order valence-electron chi connectivity index (χ3n) is 4.22. The topological polar surface area (TPSA) is 6.48 Å². The Morgan fingerprint density at radius 2 is 1.62 bits per heavy atom. The highest BCUT2D eigenvalue weighted by Crippen LogP contribution is 2.27. The number of hydrogen-bond acceptors (Lipinski definition) is 2. The second-order valence-electron chi connectivity index (χ2n) is 5.96. The first kappa shape index (κ1) is 15.9. The molecule has 2 nitrogen and oxygen atoms in total. The Morgan fingerprint density at radius 3 is 2.33 bits per heavy atom. The Balaban J connectivity index is 1.94. The lowest BCUT2D eigenvalue weighted by atomic mass is 10.1. The highest BCUT2D eigenvalue weighted by atomic mass is 15.4. The summed E-state index contributed by atoms with van der Waals surface area (Å²) in [6.45, 7) is 5.69. The van der Waals surface area contributed by atoms with Gasteiger partial charge in [-0.1, -0.05) is 57.7 Å². The largest absolute Gasteiger partial charge is 0.356 e. The van der Waals surface area contributed by atoms with Crippen LogP contribution in [0.4, 0.5) is 5.69 Å². The molecule has 0 aliphatic carbocycles. The Kier molecular flexibility index (Phi) is 6.65. The minimum absolute atomic E-state index is 0.508. The van der Waals surface area contributed by atoms with Gasteiger partial charge < -0.3 is 9.80 Å². The molecule has 0 saturated heterocycles. The van der Waals surface area contributed by atoms with Crippen LogP contribution in [0.5, 0.6) is 0 Å². The zero-order valence-electron chi connectivity index (χ0n) is 13.7. The van der Waals surface area contributed by atoms with Gasteiger partial charge in [0.2, 0.25) is 0 Å². The van der Waals surface area contributed by atoms with E-state index < -0.39 is 0 Å². The quantitative estimate of drug-likeness (QED) is 0.563. The predicted octanol–water partition coefficient (Wildman–Crippen LogP) is 5.38. The third-order valence-corrected chi connectivity index (χ3v) is 4.22. The molecular weight excluding hydrogens is 256 g/mol. The van der Waals surface area contributed by atoms with Crippen molar-refractivity contribution in [2.45, 2.75) is 65.0 Å². The summed E-state index contributed by atoms with van der Waals surface area (Å²) < 4.78 is 0. The van der Waals surface area contributed by atoms with Gasteiger partial charge in [-0.15, -0.1) is 0 Å². The summed E-state index contributed by atoms with van der Waals surface area (Å²) >= 11 is 0. The van der Waals surface area contributed by atoms with Crippen LogP contribution in [-0.2, 0) is 0 Å². The SMILES string of the molecule is CCCCCCCC1N(CCC)C=CN1c1ccccc1. The average molecular weight is 286 g/mol. The molecule has 2 rings (SSSR count). The van der Waals surface area contributed by atoms with E-state index in [4.69, 9.17) is 0 Å². The van der Waals surface area contributed by atoms with Crippen LogP contribution in [0.25, 0.3) is 0 Å². The van der Waals surface area contributed by atoms with E-state index in [0.717, 1.165) is 6.54 Å². The van der Waals surface area contributed by atoms with Crippen LogP contribution in [0.3, 0.4) is 0 Å². The number of unbranched alkanes of at least 4 members (excludes halogenated alkanes) is 4. The first-order chi connectivity index (χ1) is 10.4. The first-order valence-corrected chi connectivity index (χ1v) is 8.64. The van der Waals surface area contributed by atoms with Crippen molar-refractivity contribution in [1.82, 2.24) is 4.90 Å². The number of anilines is 1. The van der Waals surface area contributed by atoms with Crippen LogP contribution in [0.2, 0.25) is 0 Å². The average Bonchev–Trinajstić information content (AvgIpc) is 2.91. The van der Waals surface area contributed by atoms with Crippen molar-refractivity contribution in [2.75, 3.05) is 11.4 Å². The van der Waals surface area contributed by atoms with Gasteiger partial charge in [0.15, 0.2) is 0 Å². The van der Waals surface area contributed by atoms with Crippen LogP contribution < -0.4 is 4.90 Å². The van der Waals surface area contributed by atoms with Gasteiger partial charge in [-0.05, 0) is 31.4 Å². The summed E-state index contributed by atoms with van der Waals surface area (Å²) in [5.41, 5.74) is 1.31. The number of rotatable bonds is 9. The molecule has 0 saturated carbocycles. The molecule has 1 aromatic rings. The second kappa shape index (κ2) is 8.76. The van der Waals surface area contributed by atoms with E-state index in [-0.39, 0.29) is 0 Å². The summed E-state index contributed by atoms with van der Waals surface area (Å²) in [4.78, 5) is 4.95. The number of hydrogen-bond donors (Lipinski definition) is 0. The fraction of sp³-hybridized carbons (Fsp3) is 0.579. The highest BCUT2D eigenvalue weighted by molar-refractivity contribution is 5.51. The number of para-hydroxylation sites is 1. The molecule has 0 radical (unpaired) electrons. The molecule has 1 unspecified atom stereocenters. The van der Waals surface area contributed by atoms with E-state index >= 15 is 0 Å². The Morgan fingerprint density at radius 1 is 0.857 bits per heavy atom. The van der Waals surface area contributed by atoms with E-state index in [9.17, 15) is 0 Å². The first-order valence-electron chi connectivity index (χ1n) is 8.64. The molecule has 0 fully saturated rings. The van der Waals surface area contributed by atoms with Crippen molar-refractivity contribution >= 4 is 5.69 Å². The van der Waals surface area contributed by atoms with E-state index in [1.54, 1.807) is 0 Å². The summed E-state index contributed by atoms with van der Waals surface area (Å²) in [6, 6.07) is 10.8. The monoisotopic (exact) mass is 286 g/mol. The standard InChI is InChI=1S/C19H30N2/c1-3-5-6-7-11-14-19-20(15-4-2)16-17-21(19)18-12-9-8-10-13-18/h8-10,12-13,16-17,19H,3-7,11,14-15H2,1-2H3. The van der Waals surface area contributed by atoms with E-state index in [1.807, 2.05) is 0 Å². The molecule has 21 heavy (non-hydrogen) atoms. The summed E-state index contributed by atoms with van der Waals surface area (Å²) in [7, 11) is 0. The van der Waals surface area contributed by atoms with Gasteiger partial charge in [0, 0.05) is 24.6 Å². The van der Waals surface area contributed by atoms with Crippen molar-refractivity contribution in [1.29, 1.82) is 0 Å². The lowest BCUT2D eigenvalue weighted by molar-refractivity contribution is 0.279. The molecule has 2 heteroatoms. The van der Waals surface area contributed by atoms with Crippen molar-refractivity contribution < 1.29 is 0 Å². The van der Waals surface area contributed by atoms with Gasteiger partial charge in [0.05, 0.1) is 0 Å². The molecule has 0 amide bonds. The van der Waals surface area contributed by atoms with Gasteiger partial charge in [-0.3, -0.25) is 0 Å². The fourth-order valence-corrected chi connectivity index (χ4v) is 3.09. The maximum absolute atomic E-state index is 2.51. The Bertz CT molecular complexity index is 413. The van der Waals surface area contributed by atoms with Crippen LogP contribution in [0.1, 0.15) is 58.8 Å². The minimum Gasteiger partial charge on any atom is -0.356 e. The van der Waals surface area contributed by atoms with Crippen molar-refractivity contribution in [3.8, 4) is 0 Å². The molecular formula is C19H30N2. The van der Waals surface area contributed by atoms with E-state index in [2.05, 4.69) is 66.4 Å². The lowest BCUT2D eigenvalue weighted by Gasteiger charge is -2.33. The van der Waals surface area contributed by atoms with Gasteiger partial charge in [-0.25, -0.2) is 0 Å². The molecule has 1 aliphatic rings. The van der Waals surface area contributed by atoms with Crippen LogP contribution in [0.15, 0.2) is 42.7 Å². The molecule has 1 atom stereocenters. The molecule has 116 valence electrons. The predicted molar refractivity (Wildman–Crippen MR) is 92.2 cm³/mol. The molecule has 1 heterocycles. The Labute approximate surface area is 130 Å². The maximum atomic E-state index is 2.51. The smallest absolute Gasteiger partial charge is 0.105 e. The van der Waals surface area contributed by atoms with E-state index in [0.29, 0.717) is 6.17 Å². The Hall–Kier alpha value is -1.44. The number of nitrogens with zero attached hydrogens (tertiary/aromatic N) is 2. The van der Waals surface area contributed by atoms with Crippen molar-refractivity contribution in [3.05, 3.63) is 42.7 Å². The summed E-state index contributed by atoms with van der Waals surface area (Å²) in [5, 5.41) is 0. The fourth-order valence-electron chi connectivity index (χ4n) is 3.09. The zero-order valence-corrected chi connectivity index (χ0v) is 13.7. The molecule has 0 N–H and O–H groups in total. The van der Waals surface area contributed by atoms with Gasteiger partial charge in [-0.2, -0.15) is 0 Å². The van der Waals surface area contributed by atoms with Crippen molar-refractivity contribution in [3.63, 3.8) is 0 Å². The summed E-state index contributed by atoms with van der Waals surface area (Å²) in [5.74, 6) is 0. The molecule has 0 bridgehead atoms. The van der Waals surface area contributed by atoms with Gasteiger partial charge in [0.1, 0.15) is 6.17 Å². The third kappa shape index (κ3) is 4.52. The lowest BCUT2D eigenvalue weighted by Crippen LogP contribution is -2.39. The molecule has 1 aromatic carbocycles. The number of benzene rings is 1. The molecule has 0 spiro atoms. The summed E-state index contributed by atoms with van der Waals surface area (Å²) in [6.07, 6.45) is 14.3. The second-order valence-corrected chi connectivity index (χ2v) is 5.96. The molecule has 1 aliphatic heterocycles. The van der Waals surface area contributed by atoms with Gasteiger partial charge >= 0.3 is 0 Å². The van der Waals surface area contributed by atoms with Crippen LogP contribution in [0, 0.1) is 0 Å². The zero-order chi connectivity index (χ0) is 14.9.